The highest BCUT2D eigenvalue weighted by Crippen LogP contribution is 2.27. The molecular weight excluding hydrogens is 371 g/mol. The Labute approximate surface area is 142 Å². The highest BCUT2D eigenvalue weighted by molar-refractivity contribution is 7.91. The van der Waals surface area contributed by atoms with Crippen molar-refractivity contribution in [3.8, 4) is 0 Å². The van der Waals surface area contributed by atoms with E-state index in [4.69, 9.17) is 11.6 Å². The third kappa shape index (κ3) is 4.33. The van der Waals surface area contributed by atoms with Crippen LogP contribution in [0.25, 0.3) is 0 Å². The predicted molar refractivity (Wildman–Crippen MR) is 88.1 cm³/mol. The van der Waals surface area contributed by atoms with Crippen molar-refractivity contribution in [2.75, 3.05) is 32.4 Å². The number of benzene rings is 1. The number of sulfonamides is 1. The van der Waals surface area contributed by atoms with Gasteiger partial charge in [-0.25, -0.2) is 16.8 Å². The standard InChI is InChI=1S/C12H17ClN2O4S2.ClH/c1-20(16,17)10-3-4-11(13)12(9-10)21(18,19)15-7-2-5-14-6-8-15;/h3-4,9,14H,2,5-8H2,1H3;1H. The van der Waals surface area contributed by atoms with Crippen LogP contribution in [0.15, 0.2) is 28.0 Å². The molecule has 1 aliphatic rings. The van der Waals surface area contributed by atoms with Crippen LogP contribution in [0.5, 0.6) is 0 Å². The first-order valence-electron chi connectivity index (χ1n) is 6.43. The number of hydrogen-bond acceptors (Lipinski definition) is 5. The molecule has 1 aromatic carbocycles. The summed E-state index contributed by atoms with van der Waals surface area (Å²) in [5, 5.41) is 3.14. The number of halogens is 2. The van der Waals surface area contributed by atoms with E-state index in [0.717, 1.165) is 18.9 Å². The summed E-state index contributed by atoms with van der Waals surface area (Å²) in [4.78, 5) is -0.215. The molecule has 126 valence electrons. The molecule has 22 heavy (non-hydrogen) atoms. The van der Waals surface area contributed by atoms with Crippen molar-refractivity contribution in [1.82, 2.24) is 9.62 Å². The number of nitrogens with zero attached hydrogens (tertiary/aromatic N) is 1. The molecule has 0 saturated carbocycles. The zero-order valence-electron chi connectivity index (χ0n) is 12.0. The molecule has 1 N–H and O–H groups in total. The van der Waals surface area contributed by atoms with E-state index < -0.39 is 19.9 Å². The first-order valence-corrected chi connectivity index (χ1v) is 10.1. The van der Waals surface area contributed by atoms with E-state index in [0.29, 0.717) is 26.1 Å². The Kier molecular flexibility index (Phi) is 6.67. The summed E-state index contributed by atoms with van der Waals surface area (Å²) < 4.78 is 49.8. The van der Waals surface area contributed by atoms with Crippen molar-refractivity contribution in [3.63, 3.8) is 0 Å². The number of hydrogen-bond donors (Lipinski definition) is 1. The zero-order chi connectivity index (χ0) is 15.7. The van der Waals surface area contributed by atoms with Crippen LogP contribution in [-0.2, 0) is 19.9 Å². The van der Waals surface area contributed by atoms with Crippen LogP contribution >= 0.6 is 24.0 Å². The van der Waals surface area contributed by atoms with Gasteiger partial charge in [-0.05, 0) is 31.2 Å². The van der Waals surface area contributed by atoms with Crippen LogP contribution in [-0.4, -0.2) is 53.6 Å². The topological polar surface area (TPSA) is 83.5 Å². The molecular formula is C12H18Cl2N2O4S2. The molecule has 10 heteroatoms. The maximum absolute atomic E-state index is 12.7. The van der Waals surface area contributed by atoms with Crippen LogP contribution in [0.4, 0.5) is 0 Å². The lowest BCUT2D eigenvalue weighted by Crippen LogP contribution is -2.34. The molecule has 0 radical (unpaired) electrons. The molecule has 6 nitrogen and oxygen atoms in total. The van der Waals surface area contributed by atoms with Gasteiger partial charge in [-0.1, -0.05) is 11.6 Å². The molecule has 0 atom stereocenters. The highest BCUT2D eigenvalue weighted by Gasteiger charge is 2.28. The molecule has 0 amide bonds. The quantitative estimate of drug-likeness (QED) is 0.839. The van der Waals surface area contributed by atoms with E-state index in [1.807, 2.05) is 0 Å². The average Bonchev–Trinajstić information content (AvgIpc) is 2.66. The summed E-state index contributed by atoms with van der Waals surface area (Å²) in [5.74, 6) is 0. The van der Waals surface area contributed by atoms with Gasteiger partial charge in [0.05, 0.1) is 9.92 Å². The largest absolute Gasteiger partial charge is 0.315 e. The Morgan fingerprint density at radius 2 is 1.82 bits per heavy atom. The van der Waals surface area contributed by atoms with Crippen LogP contribution in [0, 0.1) is 0 Å². The minimum atomic E-state index is -3.80. The predicted octanol–water partition coefficient (Wildman–Crippen LogP) is 1.15. The number of nitrogens with one attached hydrogen (secondary N) is 1. The minimum Gasteiger partial charge on any atom is -0.315 e. The molecule has 1 aromatic rings. The summed E-state index contributed by atoms with van der Waals surface area (Å²) in [5.41, 5.74) is 0. The summed E-state index contributed by atoms with van der Waals surface area (Å²) in [6.07, 6.45) is 1.73. The molecule has 0 spiro atoms. The summed E-state index contributed by atoms with van der Waals surface area (Å²) in [6, 6.07) is 3.74. The van der Waals surface area contributed by atoms with Crippen molar-refractivity contribution in [1.29, 1.82) is 0 Å². The van der Waals surface area contributed by atoms with E-state index in [1.165, 1.54) is 16.4 Å². The van der Waals surface area contributed by atoms with Crippen molar-refractivity contribution in [2.24, 2.45) is 0 Å². The molecule has 1 heterocycles. The third-order valence-electron chi connectivity index (χ3n) is 3.25. The lowest BCUT2D eigenvalue weighted by Gasteiger charge is -2.20. The van der Waals surface area contributed by atoms with Gasteiger partial charge in [0.2, 0.25) is 10.0 Å². The van der Waals surface area contributed by atoms with E-state index in [2.05, 4.69) is 5.32 Å². The fraction of sp³-hybridized carbons (Fsp3) is 0.500. The van der Waals surface area contributed by atoms with Crippen LogP contribution in [0.3, 0.4) is 0 Å². The van der Waals surface area contributed by atoms with Gasteiger partial charge in [0.15, 0.2) is 9.84 Å². The zero-order valence-corrected chi connectivity index (χ0v) is 15.2. The molecule has 1 saturated heterocycles. The first kappa shape index (κ1) is 19.7. The Bertz CT molecular complexity index is 727. The smallest absolute Gasteiger partial charge is 0.244 e. The molecule has 1 aliphatic heterocycles. The SMILES string of the molecule is CS(=O)(=O)c1ccc(Cl)c(S(=O)(=O)N2CCCNCC2)c1.Cl. The lowest BCUT2D eigenvalue weighted by atomic mass is 10.4. The second kappa shape index (κ2) is 7.46. The Morgan fingerprint density at radius 1 is 1.14 bits per heavy atom. The van der Waals surface area contributed by atoms with Crippen molar-refractivity contribution < 1.29 is 16.8 Å². The van der Waals surface area contributed by atoms with Gasteiger partial charge in [-0.3, -0.25) is 0 Å². The fourth-order valence-electron chi connectivity index (χ4n) is 2.11. The van der Waals surface area contributed by atoms with Gasteiger partial charge in [-0.15, -0.1) is 12.4 Å². The molecule has 1 fully saturated rings. The van der Waals surface area contributed by atoms with E-state index >= 15 is 0 Å². The maximum Gasteiger partial charge on any atom is 0.244 e. The Hall–Kier alpha value is -0.380. The normalized spacial score (nSPS) is 17.5. The summed E-state index contributed by atoms with van der Waals surface area (Å²) in [7, 11) is -7.30. The molecule has 0 unspecified atom stereocenters. The summed E-state index contributed by atoms with van der Waals surface area (Å²) >= 11 is 5.97. The summed E-state index contributed by atoms with van der Waals surface area (Å²) in [6.45, 7) is 2.03. The van der Waals surface area contributed by atoms with Crippen molar-refractivity contribution in [3.05, 3.63) is 23.2 Å². The van der Waals surface area contributed by atoms with E-state index in [1.54, 1.807) is 0 Å². The van der Waals surface area contributed by atoms with Gasteiger partial charge in [-0.2, -0.15) is 4.31 Å². The monoisotopic (exact) mass is 388 g/mol. The number of sulfone groups is 1. The number of rotatable bonds is 3. The van der Waals surface area contributed by atoms with Gasteiger partial charge < -0.3 is 5.32 Å². The molecule has 0 aromatic heterocycles. The first-order chi connectivity index (χ1) is 9.73. The van der Waals surface area contributed by atoms with Crippen molar-refractivity contribution in [2.45, 2.75) is 16.2 Å². The second-order valence-corrected chi connectivity index (χ2v) is 9.20. The van der Waals surface area contributed by atoms with E-state index in [9.17, 15) is 16.8 Å². The van der Waals surface area contributed by atoms with Crippen LogP contribution in [0.2, 0.25) is 5.02 Å². The van der Waals surface area contributed by atoms with Gasteiger partial charge in [0.25, 0.3) is 0 Å². The molecule has 0 bridgehead atoms. The fourth-order valence-corrected chi connectivity index (χ4v) is 4.81. The lowest BCUT2D eigenvalue weighted by molar-refractivity contribution is 0.432. The van der Waals surface area contributed by atoms with Crippen LogP contribution < -0.4 is 5.32 Å². The second-order valence-electron chi connectivity index (χ2n) is 4.87. The van der Waals surface area contributed by atoms with Gasteiger partial charge in [0.1, 0.15) is 4.90 Å². The Balaban J connectivity index is 0.00000242. The maximum atomic E-state index is 12.7. The Morgan fingerprint density at radius 3 is 2.45 bits per heavy atom. The minimum absolute atomic E-state index is 0. The van der Waals surface area contributed by atoms with Crippen molar-refractivity contribution >= 4 is 43.9 Å². The van der Waals surface area contributed by atoms with Crippen LogP contribution in [0.1, 0.15) is 6.42 Å². The highest BCUT2D eigenvalue weighted by atomic mass is 35.5. The molecule has 0 aliphatic carbocycles. The van der Waals surface area contributed by atoms with Gasteiger partial charge >= 0.3 is 0 Å². The van der Waals surface area contributed by atoms with E-state index in [-0.39, 0.29) is 27.2 Å². The average molecular weight is 389 g/mol. The van der Waals surface area contributed by atoms with Gasteiger partial charge in [0, 0.05) is 25.9 Å². The third-order valence-corrected chi connectivity index (χ3v) is 6.74. The molecule has 2 rings (SSSR count).